The van der Waals surface area contributed by atoms with E-state index >= 15 is 0 Å². The second-order valence-corrected chi connectivity index (χ2v) is 4.00. The van der Waals surface area contributed by atoms with Gasteiger partial charge < -0.3 is 5.32 Å². The van der Waals surface area contributed by atoms with Crippen LogP contribution in [0.1, 0.15) is 17.7 Å². The molecule has 1 N–H and O–H groups in total. The van der Waals surface area contributed by atoms with Gasteiger partial charge in [0.15, 0.2) is 0 Å². The highest BCUT2D eigenvalue weighted by Gasteiger charge is 2.09. The maximum Gasteiger partial charge on any atom is 0.0975 e. The van der Waals surface area contributed by atoms with Gasteiger partial charge in [-0.15, -0.1) is 0 Å². The van der Waals surface area contributed by atoms with Gasteiger partial charge in [0.1, 0.15) is 0 Å². The minimum absolute atomic E-state index is 0.586. The lowest BCUT2D eigenvalue weighted by molar-refractivity contribution is 0.447. The van der Waals surface area contributed by atoms with Crippen LogP contribution in [-0.4, -0.2) is 17.5 Å². The zero-order valence-corrected chi connectivity index (χ0v) is 8.23. The van der Waals surface area contributed by atoms with Crippen LogP contribution in [0.2, 0.25) is 0 Å². The van der Waals surface area contributed by atoms with Gasteiger partial charge in [0, 0.05) is 12.1 Å². The van der Waals surface area contributed by atoms with Crippen LogP contribution in [0.25, 0.3) is 0 Å². The monoisotopic (exact) mass is 192 g/mol. The molecule has 0 spiro atoms. The molecule has 3 heteroatoms. The van der Waals surface area contributed by atoms with Crippen LogP contribution >= 0.6 is 11.5 Å². The van der Waals surface area contributed by atoms with Gasteiger partial charge in [-0.05, 0) is 43.5 Å². The summed E-state index contributed by atoms with van der Waals surface area (Å²) in [4.78, 5) is 1.08. The fourth-order valence-corrected chi connectivity index (χ4v) is 1.88. The molecule has 1 aromatic heterocycles. The zero-order valence-electron chi connectivity index (χ0n) is 7.42. The van der Waals surface area contributed by atoms with Crippen molar-refractivity contribution in [3.05, 3.63) is 17.1 Å². The van der Waals surface area contributed by atoms with E-state index in [1.165, 1.54) is 24.4 Å². The molecule has 0 radical (unpaired) electrons. The molecule has 2 rings (SSSR count). The van der Waals surface area contributed by atoms with Crippen LogP contribution < -0.4 is 5.32 Å². The Morgan fingerprint density at radius 3 is 3.00 bits per heavy atom. The molecule has 0 atom stereocenters. The smallest absolute Gasteiger partial charge is 0.0975 e. The van der Waals surface area contributed by atoms with Gasteiger partial charge in [0.2, 0.25) is 0 Å². The minimum atomic E-state index is 0.586. The molecule has 1 aromatic rings. The third-order valence-electron chi connectivity index (χ3n) is 2.18. The average molecular weight is 192 g/mol. The van der Waals surface area contributed by atoms with Crippen molar-refractivity contribution in [3.8, 4) is 11.8 Å². The van der Waals surface area contributed by atoms with E-state index in [0.29, 0.717) is 5.92 Å². The summed E-state index contributed by atoms with van der Waals surface area (Å²) in [7, 11) is 0. The molecule has 68 valence electrons. The van der Waals surface area contributed by atoms with Crippen molar-refractivity contribution in [1.29, 1.82) is 0 Å². The molecular weight excluding hydrogens is 180 g/mol. The Bertz CT molecular complexity index is 301. The van der Waals surface area contributed by atoms with E-state index < -0.39 is 0 Å². The highest BCUT2D eigenvalue weighted by Crippen LogP contribution is 2.10. The van der Waals surface area contributed by atoms with E-state index in [4.69, 9.17) is 0 Å². The normalized spacial score (nSPS) is 17.8. The SMILES string of the molecule is C(#CC1CCNCC1)c1ccns1. The lowest BCUT2D eigenvalue weighted by Crippen LogP contribution is -2.26. The van der Waals surface area contributed by atoms with Crippen LogP contribution in [0.5, 0.6) is 0 Å². The number of hydrogen-bond donors (Lipinski definition) is 1. The highest BCUT2D eigenvalue weighted by atomic mass is 32.1. The fraction of sp³-hybridized carbons (Fsp3) is 0.500. The van der Waals surface area contributed by atoms with Gasteiger partial charge >= 0.3 is 0 Å². The molecular formula is C10H12N2S. The van der Waals surface area contributed by atoms with Gasteiger partial charge in [-0.1, -0.05) is 11.8 Å². The summed E-state index contributed by atoms with van der Waals surface area (Å²) < 4.78 is 4.01. The van der Waals surface area contributed by atoms with Crippen LogP contribution in [0, 0.1) is 17.8 Å². The largest absolute Gasteiger partial charge is 0.317 e. The van der Waals surface area contributed by atoms with E-state index in [1.54, 1.807) is 6.20 Å². The van der Waals surface area contributed by atoms with E-state index in [2.05, 4.69) is 21.5 Å². The van der Waals surface area contributed by atoms with Crippen LogP contribution in [0.15, 0.2) is 12.3 Å². The molecule has 1 saturated heterocycles. The third kappa shape index (κ3) is 2.55. The van der Waals surface area contributed by atoms with Crippen LogP contribution in [0.4, 0.5) is 0 Å². The van der Waals surface area contributed by atoms with Crippen molar-refractivity contribution in [3.63, 3.8) is 0 Å². The van der Waals surface area contributed by atoms with Crippen molar-refractivity contribution in [2.45, 2.75) is 12.8 Å². The summed E-state index contributed by atoms with van der Waals surface area (Å²) in [5.74, 6) is 7.06. The fourth-order valence-electron chi connectivity index (χ4n) is 1.42. The first kappa shape index (κ1) is 8.74. The average Bonchev–Trinajstić information content (AvgIpc) is 2.69. The molecule has 0 unspecified atom stereocenters. The number of nitrogens with zero attached hydrogens (tertiary/aromatic N) is 1. The van der Waals surface area contributed by atoms with Gasteiger partial charge in [0.05, 0.1) is 4.88 Å². The predicted octanol–water partition coefficient (Wildman–Crippen LogP) is 1.49. The van der Waals surface area contributed by atoms with Crippen molar-refractivity contribution in [1.82, 2.24) is 9.69 Å². The number of nitrogens with one attached hydrogen (secondary N) is 1. The van der Waals surface area contributed by atoms with Crippen molar-refractivity contribution >= 4 is 11.5 Å². The van der Waals surface area contributed by atoms with Crippen molar-refractivity contribution in [2.24, 2.45) is 5.92 Å². The second kappa shape index (κ2) is 4.40. The summed E-state index contributed by atoms with van der Waals surface area (Å²) in [6, 6.07) is 1.97. The Kier molecular flexibility index (Phi) is 2.96. The minimum Gasteiger partial charge on any atom is -0.317 e. The number of hydrogen-bond acceptors (Lipinski definition) is 3. The maximum atomic E-state index is 4.01. The molecule has 1 fully saturated rings. The quantitative estimate of drug-likeness (QED) is 0.630. The Morgan fingerprint density at radius 1 is 1.46 bits per heavy atom. The highest BCUT2D eigenvalue weighted by molar-refractivity contribution is 7.06. The molecule has 2 nitrogen and oxygen atoms in total. The summed E-state index contributed by atoms with van der Waals surface area (Å²) in [6.07, 6.45) is 4.18. The summed E-state index contributed by atoms with van der Waals surface area (Å²) in [6.45, 7) is 2.23. The predicted molar refractivity (Wildman–Crippen MR) is 54.6 cm³/mol. The van der Waals surface area contributed by atoms with Gasteiger partial charge in [-0.3, -0.25) is 0 Å². The van der Waals surface area contributed by atoms with Crippen LogP contribution in [-0.2, 0) is 0 Å². The number of rotatable bonds is 0. The van der Waals surface area contributed by atoms with Gasteiger partial charge in [0.25, 0.3) is 0 Å². The van der Waals surface area contributed by atoms with Crippen molar-refractivity contribution in [2.75, 3.05) is 13.1 Å². The van der Waals surface area contributed by atoms with Crippen molar-refractivity contribution < 1.29 is 0 Å². The van der Waals surface area contributed by atoms with Crippen LogP contribution in [0.3, 0.4) is 0 Å². The molecule has 2 heterocycles. The number of aromatic nitrogens is 1. The first-order chi connectivity index (χ1) is 6.45. The standard InChI is InChI=1S/C10H12N2S/c1(2-10-5-8-12-13-10)9-3-6-11-7-4-9/h5,8-9,11H,3-4,6-7H2. The first-order valence-electron chi connectivity index (χ1n) is 4.58. The lowest BCUT2D eigenvalue weighted by atomic mass is 9.99. The summed E-state index contributed by atoms with van der Waals surface area (Å²) >= 11 is 1.47. The third-order valence-corrected chi connectivity index (χ3v) is 2.84. The Morgan fingerprint density at radius 2 is 2.31 bits per heavy atom. The molecule has 1 aliphatic heterocycles. The lowest BCUT2D eigenvalue weighted by Gasteiger charge is -2.16. The number of piperidine rings is 1. The Balaban J connectivity index is 1.95. The van der Waals surface area contributed by atoms with E-state index in [1.807, 2.05) is 6.07 Å². The van der Waals surface area contributed by atoms with E-state index in [9.17, 15) is 0 Å². The molecule has 0 amide bonds. The Hall–Kier alpha value is -0.850. The first-order valence-corrected chi connectivity index (χ1v) is 5.35. The topological polar surface area (TPSA) is 24.9 Å². The van der Waals surface area contributed by atoms with E-state index in [0.717, 1.165) is 18.0 Å². The zero-order chi connectivity index (χ0) is 8.93. The Labute approximate surface area is 82.5 Å². The van der Waals surface area contributed by atoms with Gasteiger partial charge in [-0.25, -0.2) is 0 Å². The molecule has 13 heavy (non-hydrogen) atoms. The summed E-state index contributed by atoms with van der Waals surface area (Å²) in [5.41, 5.74) is 0. The molecule has 0 aliphatic carbocycles. The van der Waals surface area contributed by atoms with Gasteiger partial charge in [-0.2, -0.15) is 4.37 Å². The van der Waals surface area contributed by atoms with E-state index in [-0.39, 0.29) is 0 Å². The molecule has 0 bridgehead atoms. The second-order valence-electron chi connectivity index (χ2n) is 3.17. The molecule has 1 aliphatic rings. The summed E-state index contributed by atoms with van der Waals surface area (Å²) in [5, 5.41) is 3.33. The maximum absolute atomic E-state index is 4.01. The molecule has 0 saturated carbocycles. The molecule has 0 aromatic carbocycles.